The van der Waals surface area contributed by atoms with Gasteiger partial charge in [-0.1, -0.05) is 12.1 Å². The van der Waals surface area contributed by atoms with Crippen molar-refractivity contribution >= 4 is 28.3 Å². The Labute approximate surface area is 154 Å². The fourth-order valence-electron chi connectivity index (χ4n) is 2.71. The van der Waals surface area contributed by atoms with Gasteiger partial charge in [-0.25, -0.2) is 9.37 Å². The maximum Gasteiger partial charge on any atom is 0.273 e. The van der Waals surface area contributed by atoms with Gasteiger partial charge in [0.2, 0.25) is 0 Å². The second-order valence-corrected chi connectivity index (χ2v) is 6.74. The summed E-state index contributed by atoms with van der Waals surface area (Å²) in [6.45, 7) is 7.40. The van der Waals surface area contributed by atoms with Crippen LogP contribution in [0.15, 0.2) is 42.3 Å². The molecule has 1 aromatic carbocycles. The molecule has 1 N–H and O–H groups in total. The molecule has 1 aromatic heterocycles. The first-order chi connectivity index (χ1) is 12.6. The summed E-state index contributed by atoms with van der Waals surface area (Å²) in [6.07, 6.45) is 1.85. The van der Waals surface area contributed by atoms with Crippen molar-refractivity contribution in [1.82, 2.24) is 14.8 Å². The standard InChI is InChI=1S/C18H19FN4O2S/c1-2-6-22-7-9-23(10-8-22)17(25)15-12-26-18(20-15)21-16(24)13-4-3-5-14(19)11-13/h2-5,11-12H,1,6-10H2,(H,20,21,24). The van der Waals surface area contributed by atoms with Crippen LogP contribution >= 0.6 is 11.3 Å². The van der Waals surface area contributed by atoms with Gasteiger partial charge in [-0.15, -0.1) is 17.9 Å². The largest absolute Gasteiger partial charge is 0.335 e. The highest BCUT2D eigenvalue weighted by Gasteiger charge is 2.23. The second kappa shape index (κ2) is 8.20. The normalized spacial score (nSPS) is 14.9. The van der Waals surface area contributed by atoms with Gasteiger partial charge in [-0.3, -0.25) is 19.8 Å². The zero-order valence-electron chi connectivity index (χ0n) is 14.2. The van der Waals surface area contributed by atoms with E-state index >= 15 is 0 Å². The summed E-state index contributed by atoms with van der Waals surface area (Å²) < 4.78 is 13.2. The first-order valence-electron chi connectivity index (χ1n) is 8.22. The number of thiazole rings is 1. The quantitative estimate of drug-likeness (QED) is 0.817. The molecule has 6 nitrogen and oxygen atoms in total. The third-order valence-corrected chi connectivity index (χ3v) is 4.84. The van der Waals surface area contributed by atoms with Crippen LogP contribution in [0.25, 0.3) is 0 Å². The van der Waals surface area contributed by atoms with E-state index in [1.165, 1.54) is 29.5 Å². The molecule has 0 atom stereocenters. The predicted molar refractivity (Wildman–Crippen MR) is 99.0 cm³/mol. The maximum atomic E-state index is 13.2. The van der Waals surface area contributed by atoms with Crippen LogP contribution in [0, 0.1) is 5.82 Å². The summed E-state index contributed by atoms with van der Waals surface area (Å²) in [6, 6.07) is 5.40. The molecule has 3 rings (SSSR count). The molecule has 1 aliphatic rings. The monoisotopic (exact) mass is 374 g/mol. The number of rotatable bonds is 5. The Bertz CT molecular complexity index is 815. The van der Waals surface area contributed by atoms with Crippen LogP contribution in [0.4, 0.5) is 9.52 Å². The Hall–Kier alpha value is -2.58. The average molecular weight is 374 g/mol. The third-order valence-electron chi connectivity index (χ3n) is 4.08. The van der Waals surface area contributed by atoms with Gasteiger partial charge in [0.05, 0.1) is 0 Å². The number of aromatic nitrogens is 1. The molecule has 0 spiro atoms. The van der Waals surface area contributed by atoms with E-state index in [1.54, 1.807) is 10.3 Å². The molecule has 0 bridgehead atoms. The summed E-state index contributed by atoms with van der Waals surface area (Å²) >= 11 is 1.17. The van der Waals surface area contributed by atoms with Crippen LogP contribution in [0.2, 0.25) is 0 Å². The Balaban J connectivity index is 1.60. The number of anilines is 1. The van der Waals surface area contributed by atoms with Crippen LogP contribution in [0.5, 0.6) is 0 Å². The number of hydrogen-bond acceptors (Lipinski definition) is 5. The van der Waals surface area contributed by atoms with Crippen molar-refractivity contribution in [2.24, 2.45) is 0 Å². The van der Waals surface area contributed by atoms with Crippen molar-refractivity contribution in [2.75, 3.05) is 38.0 Å². The molecule has 8 heteroatoms. The van der Waals surface area contributed by atoms with Gasteiger partial charge < -0.3 is 4.90 Å². The number of carbonyl (C=O) groups excluding carboxylic acids is 2. The van der Waals surface area contributed by atoms with Gasteiger partial charge in [0, 0.05) is 43.7 Å². The summed E-state index contributed by atoms with van der Waals surface area (Å²) in [4.78, 5) is 32.9. The fraction of sp³-hybridized carbons (Fsp3) is 0.278. The molecular formula is C18H19FN4O2S. The topological polar surface area (TPSA) is 65.5 Å². The van der Waals surface area contributed by atoms with E-state index in [0.717, 1.165) is 25.7 Å². The first-order valence-corrected chi connectivity index (χ1v) is 9.10. The number of hydrogen-bond donors (Lipinski definition) is 1. The molecule has 26 heavy (non-hydrogen) atoms. The minimum atomic E-state index is -0.483. The average Bonchev–Trinajstić information content (AvgIpc) is 3.10. The van der Waals surface area contributed by atoms with Gasteiger partial charge in [-0.05, 0) is 18.2 Å². The zero-order valence-corrected chi connectivity index (χ0v) is 15.0. The number of piperazine rings is 1. The fourth-order valence-corrected chi connectivity index (χ4v) is 3.39. The zero-order chi connectivity index (χ0) is 18.5. The van der Waals surface area contributed by atoms with E-state index in [9.17, 15) is 14.0 Å². The van der Waals surface area contributed by atoms with Crippen molar-refractivity contribution in [1.29, 1.82) is 0 Å². The summed E-state index contributed by atoms with van der Waals surface area (Å²) in [7, 11) is 0. The molecule has 1 fully saturated rings. The molecule has 1 saturated heterocycles. The minimum Gasteiger partial charge on any atom is -0.335 e. The van der Waals surface area contributed by atoms with E-state index in [2.05, 4.69) is 21.8 Å². The van der Waals surface area contributed by atoms with E-state index in [0.29, 0.717) is 23.9 Å². The first kappa shape index (κ1) is 18.2. The summed E-state index contributed by atoms with van der Waals surface area (Å²) in [5.41, 5.74) is 0.508. The third kappa shape index (κ3) is 4.33. The van der Waals surface area contributed by atoms with E-state index in [4.69, 9.17) is 0 Å². The summed E-state index contributed by atoms with van der Waals surface area (Å²) in [5, 5.41) is 4.54. The molecule has 2 amide bonds. The molecular weight excluding hydrogens is 355 g/mol. The van der Waals surface area contributed by atoms with Gasteiger partial charge in [0.1, 0.15) is 11.5 Å². The minimum absolute atomic E-state index is 0.147. The molecule has 2 heterocycles. The van der Waals surface area contributed by atoms with Crippen LogP contribution in [-0.4, -0.2) is 59.3 Å². The van der Waals surface area contributed by atoms with Gasteiger partial charge in [0.15, 0.2) is 5.13 Å². The maximum absolute atomic E-state index is 13.2. The van der Waals surface area contributed by atoms with Crippen molar-refractivity contribution in [3.05, 3.63) is 59.4 Å². The van der Waals surface area contributed by atoms with Crippen molar-refractivity contribution in [3.8, 4) is 0 Å². The number of benzene rings is 1. The lowest BCUT2D eigenvalue weighted by molar-refractivity contribution is 0.0645. The van der Waals surface area contributed by atoms with Gasteiger partial charge in [0.25, 0.3) is 11.8 Å². The predicted octanol–water partition coefficient (Wildman–Crippen LogP) is 2.48. The lowest BCUT2D eigenvalue weighted by Gasteiger charge is -2.33. The van der Waals surface area contributed by atoms with E-state index in [1.807, 2.05) is 6.08 Å². The smallest absolute Gasteiger partial charge is 0.273 e. The lowest BCUT2D eigenvalue weighted by Crippen LogP contribution is -2.48. The molecule has 0 aliphatic carbocycles. The van der Waals surface area contributed by atoms with Crippen LogP contribution < -0.4 is 5.32 Å². The molecule has 0 unspecified atom stereocenters. The number of carbonyl (C=O) groups is 2. The van der Waals surface area contributed by atoms with E-state index < -0.39 is 11.7 Å². The van der Waals surface area contributed by atoms with Crippen molar-refractivity contribution in [2.45, 2.75) is 0 Å². The van der Waals surface area contributed by atoms with Crippen molar-refractivity contribution in [3.63, 3.8) is 0 Å². The molecule has 136 valence electrons. The number of nitrogens with one attached hydrogen (secondary N) is 1. The van der Waals surface area contributed by atoms with E-state index in [-0.39, 0.29) is 11.5 Å². The highest BCUT2D eigenvalue weighted by atomic mass is 32.1. The van der Waals surface area contributed by atoms with Crippen LogP contribution in [0.3, 0.4) is 0 Å². The Morgan fingerprint density at radius 1 is 1.31 bits per heavy atom. The van der Waals surface area contributed by atoms with Crippen LogP contribution in [-0.2, 0) is 0 Å². The SMILES string of the molecule is C=CCN1CCN(C(=O)c2csc(NC(=O)c3cccc(F)c3)n2)CC1. The number of halogens is 1. The molecule has 0 saturated carbocycles. The lowest BCUT2D eigenvalue weighted by atomic mass is 10.2. The highest BCUT2D eigenvalue weighted by Crippen LogP contribution is 2.19. The Kier molecular flexibility index (Phi) is 5.75. The molecule has 2 aromatic rings. The van der Waals surface area contributed by atoms with Gasteiger partial charge in [-0.2, -0.15) is 0 Å². The summed E-state index contributed by atoms with van der Waals surface area (Å²) in [5.74, 6) is -1.09. The second-order valence-electron chi connectivity index (χ2n) is 5.88. The Morgan fingerprint density at radius 3 is 2.77 bits per heavy atom. The molecule has 0 radical (unpaired) electrons. The number of amides is 2. The van der Waals surface area contributed by atoms with Crippen LogP contribution in [0.1, 0.15) is 20.8 Å². The highest BCUT2D eigenvalue weighted by molar-refractivity contribution is 7.14. The van der Waals surface area contributed by atoms with Gasteiger partial charge >= 0.3 is 0 Å². The number of nitrogens with zero attached hydrogens (tertiary/aromatic N) is 3. The molecule has 1 aliphatic heterocycles. The van der Waals surface area contributed by atoms with Crippen molar-refractivity contribution < 1.29 is 14.0 Å². The Morgan fingerprint density at radius 2 is 2.08 bits per heavy atom.